The van der Waals surface area contributed by atoms with Gasteiger partial charge in [0.2, 0.25) is 0 Å². The molecular weight excluding hydrogens is 278 g/mol. The van der Waals surface area contributed by atoms with Gasteiger partial charge in [0.15, 0.2) is 0 Å². The van der Waals surface area contributed by atoms with Crippen LogP contribution in [0, 0.1) is 6.92 Å². The second-order valence-corrected chi connectivity index (χ2v) is 5.95. The fraction of sp³-hybridized carbons (Fsp3) is 0.267. The zero-order chi connectivity index (χ0) is 13.7. The van der Waals surface area contributed by atoms with Gasteiger partial charge < -0.3 is 5.11 Å². The molecule has 1 aromatic heterocycles. The molecule has 0 saturated carbocycles. The molecule has 0 aliphatic heterocycles. The highest BCUT2D eigenvalue weighted by molar-refractivity contribution is 7.99. The zero-order valence-electron chi connectivity index (χ0n) is 10.7. The third-order valence-electron chi connectivity index (χ3n) is 2.74. The minimum absolute atomic E-state index is 0.412. The van der Waals surface area contributed by atoms with Crippen LogP contribution in [0.1, 0.15) is 11.1 Å². The Morgan fingerprint density at radius 2 is 2.21 bits per heavy atom. The number of nitrogens with zero attached hydrogens (tertiary/aromatic N) is 1. The maximum atomic E-state index is 10.1. The molecule has 1 N–H and O–H groups in total. The minimum Gasteiger partial charge on any atom is -0.392 e. The van der Waals surface area contributed by atoms with Crippen LogP contribution in [0.2, 0.25) is 5.02 Å². The number of halogens is 1. The Morgan fingerprint density at radius 1 is 1.37 bits per heavy atom. The summed E-state index contributed by atoms with van der Waals surface area (Å²) in [7, 11) is 0. The maximum Gasteiger partial charge on any atom is 0.0674 e. The molecule has 2 nitrogen and oxygen atoms in total. The van der Waals surface area contributed by atoms with Crippen molar-refractivity contribution in [3.8, 4) is 0 Å². The lowest BCUT2D eigenvalue weighted by Gasteiger charge is -2.11. The van der Waals surface area contributed by atoms with Crippen molar-refractivity contribution in [3.63, 3.8) is 0 Å². The molecule has 2 aromatic rings. The van der Waals surface area contributed by atoms with E-state index in [2.05, 4.69) is 30.1 Å². The molecule has 1 unspecified atom stereocenters. The summed E-state index contributed by atoms with van der Waals surface area (Å²) in [6.07, 6.45) is 3.45. The summed E-state index contributed by atoms with van der Waals surface area (Å²) >= 11 is 7.68. The third-order valence-corrected chi connectivity index (χ3v) is 4.22. The average Bonchev–Trinajstić information content (AvgIpc) is 2.39. The van der Waals surface area contributed by atoms with Gasteiger partial charge in [0, 0.05) is 29.5 Å². The Morgan fingerprint density at radius 3 is 2.95 bits per heavy atom. The first kappa shape index (κ1) is 14.4. The van der Waals surface area contributed by atoms with Crippen LogP contribution in [0.3, 0.4) is 0 Å². The molecule has 2 rings (SSSR count). The molecule has 0 radical (unpaired) electrons. The van der Waals surface area contributed by atoms with Gasteiger partial charge in [-0.3, -0.25) is 4.98 Å². The normalized spacial score (nSPS) is 12.4. The van der Waals surface area contributed by atoms with Crippen LogP contribution in [0.15, 0.2) is 47.6 Å². The largest absolute Gasteiger partial charge is 0.392 e. The Balaban J connectivity index is 1.88. The van der Waals surface area contributed by atoms with Gasteiger partial charge in [-0.1, -0.05) is 29.3 Å². The number of aliphatic hydroxyl groups excluding tert-OH is 1. The number of aryl methyl sites for hydroxylation is 1. The van der Waals surface area contributed by atoms with Gasteiger partial charge in [0.1, 0.15) is 0 Å². The van der Waals surface area contributed by atoms with Crippen LogP contribution in [0.25, 0.3) is 0 Å². The first-order chi connectivity index (χ1) is 9.15. The molecule has 1 atom stereocenters. The van der Waals surface area contributed by atoms with Gasteiger partial charge in [0.05, 0.1) is 11.1 Å². The first-order valence-corrected chi connectivity index (χ1v) is 7.47. The highest BCUT2D eigenvalue weighted by Gasteiger charge is 2.09. The number of hydrogen-bond acceptors (Lipinski definition) is 3. The van der Waals surface area contributed by atoms with Gasteiger partial charge in [-0.05, 0) is 30.7 Å². The van der Waals surface area contributed by atoms with Gasteiger partial charge >= 0.3 is 0 Å². The molecular formula is C15H16ClNOS. The number of aromatic nitrogens is 1. The Kier molecular flexibility index (Phi) is 5.25. The molecule has 0 fully saturated rings. The summed E-state index contributed by atoms with van der Waals surface area (Å²) in [5.41, 5.74) is 2.17. The summed E-state index contributed by atoms with van der Waals surface area (Å²) < 4.78 is 0. The number of aliphatic hydroxyl groups is 1. The first-order valence-electron chi connectivity index (χ1n) is 6.11. The Bertz CT molecular complexity index is 547. The molecule has 0 spiro atoms. The van der Waals surface area contributed by atoms with Gasteiger partial charge in [0.25, 0.3) is 0 Å². The zero-order valence-corrected chi connectivity index (χ0v) is 12.3. The number of rotatable bonds is 5. The molecule has 0 aliphatic rings. The summed E-state index contributed by atoms with van der Waals surface area (Å²) in [6.45, 7) is 2.07. The van der Waals surface area contributed by atoms with Crippen LogP contribution in [-0.4, -0.2) is 21.9 Å². The standard InChI is InChI=1S/C15H16ClNOS/c1-11-3-2-4-14(7-11)19-10-13(18)8-12-5-6-17-9-15(12)16/h2-7,9,13,18H,8,10H2,1H3. The van der Waals surface area contributed by atoms with E-state index < -0.39 is 6.10 Å². The predicted molar refractivity (Wildman–Crippen MR) is 80.9 cm³/mol. The highest BCUT2D eigenvalue weighted by atomic mass is 35.5. The molecule has 0 aliphatic carbocycles. The average molecular weight is 294 g/mol. The number of pyridine rings is 1. The van der Waals surface area contributed by atoms with Crippen molar-refractivity contribution in [2.24, 2.45) is 0 Å². The topological polar surface area (TPSA) is 33.1 Å². The lowest BCUT2D eigenvalue weighted by molar-refractivity contribution is 0.200. The van der Waals surface area contributed by atoms with Gasteiger partial charge in [-0.15, -0.1) is 11.8 Å². The van der Waals surface area contributed by atoms with Crippen molar-refractivity contribution in [2.45, 2.75) is 24.3 Å². The van der Waals surface area contributed by atoms with Crippen LogP contribution in [0.5, 0.6) is 0 Å². The van der Waals surface area contributed by atoms with E-state index in [1.165, 1.54) is 10.5 Å². The SMILES string of the molecule is Cc1cccc(SCC(O)Cc2ccncc2Cl)c1. The lowest BCUT2D eigenvalue weighted by Crippen LogP contribution is -2.13. The molecule has 19 heavy (non-hydrogen) atoms. The van der Waals surface area contributed by atoms with E-state index in [1.807, 2.05) is 12.1 Å². The molecule has 0 saturated heterocycles. The van der Waals surface area contributed by atoms with E-state index in [0.29, 0.717) is 17.2 Å². The van der Waals surface area contributed by atoms with Gasteiger partial charge in [-0.25, -0.2) is 0 Å². The molecule has 1 aromatic carbocycles. The van der Waals surface area contributed by atoms with Crippen LogP contribution < -0.4 is 0 Å². The third kappa shape index (κ3) is 4.53. The van der Waals surface area contributed by atoms with Crippen molar-refractivity contribution in [1.29, 1.82) is 0 Å². The van der Waals surface area contributed by atoms with E-state index in [0.717, 1.165) is 5.56 Å². The molecule has 4 heteroatoms. The molecule has 1 heterocycles. The van der Waals surface area contributed by atoms with E-state index in [1.54, 1.807) is 24.2 Å². The Hall–Kier alpha value is -1.03. The summed E-state index contributed by atoms with van der Waals surface area (Å²) in [4.78, 5) is 5.12. The van der Waals surface area contributed by atoms with E-state index in [-0.39, 0.29) is 0 Å². The van der Waals surface area contributed by atoms with Crippen molar-refractivity contribution in [2.75, 3.05) is 5.75 Å². The number of hydrogen-bond donors (Lipinski definition) is 1. The second-order valence-electron chi connectivity index (χ2n) is 4.45. The number of benzene rings is 1. The smallest absolute Gasteiger partial charge is 0.0674 e. The predicted octanol–water partition coefficient (Wildman–Crippen LogP) is 3.74. The van der Waals surface area contributed by atoms with Crippen LogP contribution in [-0.2, 0) is 6.42 Å². The van der Waals surface area contributed by atoms with E-state index in [9.17, 15) is 5.11 Å². The lowest BCUT2D eigenvalue weighted by atomic mass is 10.1. The fourth-order valence-electron chi connectivity index (χ4n) is 1.78. The summed E-state index contributed by atoms with van der Waals surface area (Å²) in [5, 5.41) is 10.7. The van der Waals surface area contributed by atoms with Crippen molar-refractivity contribution >= 4 is 23.4 Å². The quantitative estimate of drug-likeness (QED) is 0.853. The van der Waals surface area contributed by atoms with Gasteiger partial charge in [-0.2, -0.15) is 0 Å². The molecule has 0 bridgehead atoms. The molecule has 0 amide bonds. The van der Waals surface area contributed by atoms with Crippen molar-refractivity contribution in [1.82, 2.24) is 4.98 Å². The summed E-state index contributed by atoms with van der Waals surface area (Å²) in [6, 6.07) is 10.1. The minimum atomic E-state index is -0.412. The fourth-order valence-corrected chi connectivity index (χ4v) is 2.92. The monoisotopic (exact) mass is 293 g/mol. The highest BCUT2D eigenvalue weighted by Crippen LogP contribution is 2.22. The maximum absolute atomic E-state index is 10.1. The molecule has 100 valence electrons. The van der Waals surface area contributed by atoms with E-state index in [4.69, 9.17) is 11.6 Å². The van der Waals surface area contributed by atoms with Crippen molar-refractivity contribution in [3.05, 3.63) is 58.9 Å². The van der Waals surface area contributed by atoms with Crippen LogP contribution >= 0.6 is 23.4 Å². The number of thioether (sulfide) groups is 1. The van der Waals surface area contributed by atoms with Crippen molar-refractivity contribution < 1.29 is 5.11 Å². The summed E-state index contributed by atoms with van der Waals surface area (Å²) in [5.74, 6) is 0.655. The second kappa shape index (κ2) is 6.94. The van der Waals surface area contributed by atoms with Crippen LogP contribution in [0.4, 0.5) is 0 Å². The van der Waals surface area contributed by atoms with E-state index >= 15 is 0 Å². The Labute approximate surface area is 122 Å².